The van der Waals surface area contributed by atoms with Crippen LogP contribution in [0.1, 0.15) is 23.5 Å². The van der Waals surface area contributed by atoms with Gasteiger partial charge in [-0.25, -0.2) is 4.98 Å². The first-order chi connectivity index (χ1) is 8.77. The Morgan fingerprint density at radius 2 is 2.39 bits per heavy atom. The maximum Gasteiger partial charge on any atom is 0.287 e. The van der Waals surface area contributed by atoms with E-state index in [2.05, 4.69) is 15.6 Å². The highest BCUT2D eigenvalue weighted by atomic mass is 16.5. The molecule has 0 unspecified atom stereocenters. The first kappa shape index (κ1) is 13.0. The topological polar surface area (TPSA) is 68.2 Å². The quantitative estimate of drug-likeness (QED) is 0.719. The van der Waals surface area contributed by atoms with E-state index in [1.54, 1.807) is 24.0 Å². The summed E-state index contributed by atoms with van der Waals surface area (Å²) < 4.78 is 7.40. The van der Waals surface area contributed by atoms with Crippen molar-refractivity contribution in [2.75, 3.05) is 26.2 Å². The zero-order valence-corrected chi connectivity index (χ0v) is 10.7. The highest BCUT2D eigenvalue weighted by molar-refractivity contribution is 5.90. The number of hydrogen-bond acceptors (Lipinski definition) is 4. The number of ether oxygens (including phenoxy) is 1. The first-order valence-electron chi connectivity index (χ1n) is 6.35. The molecule has 1 aliphatic heterocycles. The Balaban J connectivity index is 1.63. The molecule has 2 N–H and O–H groups in total. The maximum atomic E-state index is 11.7. The van der Waals surface area contributed by atoms with Crippen LogP contribution < -0.4 is 10.6 Å². The number of nitrogens with one attached hydrogen (secondary N) is 2. The van der Waals surface area contributed by atoms with E-state index in [1.807, 2.05) is 0 Å². The van der Waals surface area contributed by atoms with Crippen molar-refractivity contribution < 1.29 is 9.53 Å². The molecule has 100 valence electrons. The normalized spacial score (nSPS) is 16.7. The summed E-state index contributed by atoms with van der Waals surface area (Å²) in [5, 5.41) is 6.09. The summed E-state index contributed by atoms with van der Waals surface area (Å²) in [6, 6.07) is 0. The third-order valence-corrected chi connectivity index (χ3v) is 3.05. The molecule has 1 amide bonds. The lowest BCUT2D eigenvalue weighted by Gasteiger charge is -2.22. The van der Waals surface area contributed by atoms with Crippen LogP contribution in [0.4, 0.5) is 0 Å². The van der Waals surface area contributed by atoms with Crippen molar-refractivity contribution in [2.24, 2.45) is 7.05 Å². The van der Waals surface area contributed by atoms with Gasteiger partial charge in [0.15, 0.2) is 5.82 Å². The number of aryl methyl sites for hydroxylation is 1. The molecule has 0 aromatic carbocycles. The van der Waals surface area contributed by atoms with Crippen molar-refractivity contribution in [3.8, 4) is 0 Å². The van der Waals surface area contributed by atoms with Crippen LogP contribution in [0.2, 0.25) is 0 Å². The van der Waals surface area contributed by atoms with Crippen LogP contribution in [0, 0.1) is 0 Å². The van der Waals surface area contributed by atoms with Crippen LogP contribution in [-0.4, -0.2) is 47.8 Å². The van der Waals surface area contributed by atoms with Crippen molar-refractivity contribution >= 4 is 5.91 Å². The Kier molecular flexibility index (Phi) is 4.72. The van der Waals surface area contributed by atoms with Crippen molar-refractivity contribution in [2.45, 2.75) is 18.9 Å². The Morgan fingerprint density at radius 3 is 3.06 bits per heavy atom. The van der Waals surface area contributed by atoms with Crippen molar-refractivity contribution in [3.05, 3.63) is 18.2 Å². The molecule has 0 radical (unpaired) electrons. The minimum Gasteiger partial charge on any atom is -0.376 e. The zero-order chi connectivity index (χ0) is 12.8. The molecule has 1 aromatic heterocycles. The predicted octanol–water partition coefficient (Wildman–Crippen LogP) is -0.0815. The molecule has 18 heavy (non-hydrogen) atoms. The molecule has 6 nitrogen and oxygen atoms in total. The lowest BCUT2D eigenvalue weighted by atomic mass is 10.1. The standard InChI is InChI=1S/C12H20N4O2/c1-16-8-6-14-11(16)12(17)15-7-9-18-10-2-4-13-5-3-10/h6,8,10,13H,2-5,7,9H2,1H3,(H,15,17). The van der Waals surface area contributed by atoms with Gasteiger partial charge in [-0.3, -0.25) is 4.79 Å². The summed E-state index contributed by atoms with van der Waals surface area (Å²) in [6.45, 7) is 3.12. The highest BCUT2D eigenvalue weighted by Crippen LogP contribution is 2.06. The second-order valence-corrected chi connectivity index (χ2v) is 4.44. The van der Waals surface area contributed by atoms with Gasteiger partial charge in [0.05, 0.1) is 12.7 Å². The number of piperidine rings is 1. The average Bonchev–Trinajstić information content (AvgIpc) is 2.82. The van der Waals surface area contributed by atoms with Crippen LogP contribution in [0.15, 0.2) is 12.4 Å². The monoisotopic (exact) mass is 252 g/mol. The van der Waals surface area contributed by atoms with Gasteiger partial charge in [-0.2, -0.15) is 0 Å². The molecular weight excluding hydrogens is 232 g/mol. The van der Waals surface area contributed by atoms with Gasteiger partial charge in [0, 0.05) is 26.0 Å². The fourth-order valence-corrected chi connectivity index (χ4v) is 2.02. The molecule has 2 rings (SSSR count). The lowest BCUT2D eigenvalue weighted by molar-refractivity contribution is 0.0342. The summed E-state index contributed by atoms with van der Waals surface area (Å²) >= 11 is 0. The highest BCUT2D eigenvalue weighted by Gasteiger charge is 2.13. The summed E-state index contributed by atoms with van der Waals surface area (Å²) in [5.41, 5.74) is 0. The van der Waals surface area contributed by atoms with Gasteiger partial charge in [-0.05, 0) is 25.9 Å². The Hall–Kier alpha value is -1.40. The van der Waals surface area contributed by atoms with Crippen LogP contribution in [0.3, 0.4) is 0 Å². The van der Waals surface area contributed by atoms with Gasteiger partial charge >= 0.3 is 0 Å². The number of carbonyl (C=O) groups is 1. The third-order valence-electron chi connectivity index (χ3n) is 3.05. The molecular formula is C12H20N4O2. The Bertz CT molecular complexity index is 385. The molecule has 2 heterocycles. The molecule has 0 atom stereocenters. The molecule has 0 bridgehead atoms. The van der Waals surface area contributed by atoms with Crippen molar-refractivity contribution in [1.29, 1.82) is 0 Å². The number of aromatic nitrogens is 2. The van der Waals surface area contributed by atoms with E-state index in [4.69, 9.17) is 4.74 Å². The predicted molar refractivity (Wildman–Crippen MR) is 67.4 cm³/mol. The summed E-state index contributed by atoms with van der Waals surface area (Å²) in [6.07, 6.45) is 5.79. The van der Waals surface area contributed by atoms with E-state index < -0.39 is 0 Å². The maximum absolute atomic E-state index is 11.7. The average molecular weight is 252 g/mol. The minimum atomic E-state index is -0.156. The Labute approximate surface area is 107 Å². The molecule has 0 spiro atoms. The van der Waals surface area contributed by atoms with E-state index in [0.717, 1.165) is 25.9 Å². The van der Waals surface area contributed by atoms with Gasteiger partial charge in [-0.15, -0.1) is 0 Å². The molecule has 1 aromatic rings. The van der Waals surface area contributed by atoms with E-state index in [-0.39, 0.29) is 5.91 Å². The fraction of sp³-hybridized carbons (Fsp3) is 0.667. The van der Waals surface area contributed by atoms with Gasteiger partial charge < -0.3 is 19.9 Å². The van der Waals surface area contributed by atoms with E-state index in [1.165, 1.54) is 0 Å². The summed E-state index contributed by atoms with van der Waals surface area (Å²) in [4.78, 5) is 15.7. The number of imidazole rings is 1. The summed E-state index contributed by atoms with van der Waals surface area (Å²) in [7, 11) is 1.80. The van der Waals surface area contributed by atoms with Crippen LogP contribution in [-0.2, 0) is 11.8 Å². The second kappa shape index (κ2) is 6.51. The molecule has 1 fully saturated rings. The number of hydrogen-bond donors (Lipinski definition) is 2. The Morgan fingerprint density at radius 1 is 1.61 bits per heavy atom. The molecule has 0 aliphatic carbocycles. The third kappa shape index (κ3) is 3.54. The number of carbonyl (C=O) groups excluding carboxylic acids is 1. The zero-order valence-electron chi connectivity index (χ0n) is 10.7. The summed E-state index contributed by atoms with van der Waals surface area (Å²) in [5.74, 6) is 0.272. The van der Waals surface area contributed by atoms with Gasteiger partial charge in [-0.1, -0.05) is 0 Å². The second-order valence-electron chi connectivity index (χ2n) is 4.44. The lowest BCUT2D eigenvalue weighted by Crippen LogP contribution is -2.35. The van der Waals surface area contributed by atoms with Gasteiger partial charge in [0.25, 0.3) is 5.91 Å². The largest absolute Gasteiger partial charge is 0.376 e. The van der Waals surface area contributed by atoms with E-state index in [0.29, 0.717) is 25.1 Å². The van der Waals surface area contributed by atoms with E-state index >= 15 is 0 Å². The first-order valence-corrected chi connectivity index (χ1v) is 6.35. The van der Waals surface area contributed by atoms with Crippen molar-refractivity contribution in [3.63, 3.8) is 0 Å². The number of amides is 1. The fourth-order valence-electron chi connectivity index (χ4n) is 2.02. The van der Waals surface area contributed by atoms with Crippen molar-refractivity contribution in [1.82, 2.24) is 20.2 Å². The van der Waals surface area contributed by atoms with Crippen LogP contribution >= 0.6 is 0 Å². The van der Waals surface area contributed by atoms with Gasteiger partial charge in [0.1, 0.15) is 0 Å². The molecule has 0 saturated carbocycles. The number of rotatable bonds is 5. The van der Waals surface area contributed by atoms with Crippen LogP contribution in [0.5, 0.6) is 0 Å². The molecule has 1 saturated heterocycles. The molecule has 1 aliphatic rings. The number of nitrogens with zero attached hydrogens (tertiary/aromatic N) is 2. The minimum absolute atomic E-state index is 0.156. The van der Waals surface area contributed by atoms with E-state index in [9.17, 15) is 4.79 Å². The van der Waals surface area contributed by atoms with Gasteiger partial charge in [0.2, 0.25) is 0 Å². The smallest absolute Gasteiger partial charge is 0.287 e. The van der Waals surface area contributed by atoms with Crippen LogP contribution in [0.25, 0.3) is 0 Å². The molecule has 6 heteroatoms. The SMILES string of the molecule is Cn1ccnc1C(=O)NCCOC1CCNCC1.